The molecule has 6 heteroatoms. The molecule has 0 aliphatic rings. The molecule has 2 atom stereocenters. The topological polar surface area (TPSA) is 57.2 Å². The number of nitrogens with zero attached hydrogens (tertiary/aromatic N) is 1. The van der Waals surface area contributed by atoms with Crippen LogP contribution >= 0.6 is 0 Å². The lowest BCUT2D eigenvalue weighted by Gasteiger charge is -2.36. The second-order valence-electron chi connectivity index (χ2n) is 9.81. The van der Waals surface area contributed by atoms with Gasteiger partial charge in [0, 0.05) is 32.2 Å². The lowest BCUT2D eigenvalue weighted by molar-refractivity contribution is -0.151. The van der Waals surface area contributed by atoms with Gasteiger partial charge in [-0.3, -0.25) is 9.69 Å². The van der Waals surface area contributed by atoms with Gasteiger partial charge in [-0.05, 0) is 42.2 Å². The van der Waals surface area contributed by atoms with Gasteiger partial charge < -0.3 is 18.9 Å². The minimum Gasteiger partial charge on any atom is -0.489 e. The molecule has 0 spiro atoms. The van der Waals surface area contributed by atoms with E-state index in [0.717, 1.165) is 22.3 Å². The van der Waals surface area contributed by atoms with Gasteiger partial charge in [-0.1, -0.05) is 97.1 Å². The van der Waals surface area contributed by atoms with E-state index in [-0.39, 0.29) is 18.8 Å². The van der Waals surface area contributed by atoms with Gasteiger partial charge in [0.25, 0.3) is 0 Å². The molecular formula is C35H39NO5. The SMILES string of the molecule is CCOC(=O)C(Cc1ccc(OCc2ccccc2)cc1OCOC)N(Cc1ccccc1)[C@@H](C)c1ccccc1. The number of carbonyl (C=O) groups excluding carboxylic acids is 1. The van der Waals surface area contributed by atoms with E-state index in [9.17, 15) is 4.79 Å². The van der Waals surface area contributed by atoms with Crippen LogP contribution in [0.1, 0.15) is 42.1 Å². The van der Waals surface area contributed by atoms with Gasteiger partial charge in [0.15, 0.2) is 6.79 Å². The third kappa shape index (κ3) is 8.68. The Morgan fingerprint density at radius 2 is 1.44 bits per heavy atom. The Labute approximate surface area is 243 Å². The predicted octanol–water partition coefficient (Wildman–Crippen LogP) is 6.99. The highest BCUT2D eigenvalue weighted by molar-refractivity contribution is 5.76. The minimum absolute atomic E-state index is 0.0531. The number of hydrogen-bond donors (Lipinski definition) is 0. The van der Waals surface area contributed by atoms with E-state index in [1.807, 2.05) is 91.9 Å². The van der Waals surface area contributed by atoms with Gasteiger partial charge in [0.2, 0.25) is 0 Å². The molecule has 1 unspecified atom stereocenters. The molecule has 0 N–H and O–H groups in total. The smallest absolute Gasteiger partial charge is 0.323 e. The van der Waals surface area contributed by atoms with Crippen LogP contribution in [0.4, 0.5) is 0 Å². The molecule has 6 nitrogen and oxygen atoms in total. The number of esters is 1. The van der Waals surface area contributed by atoms with E-state index in [1.54, 1.807) is 7.11 Å². The summed E-state index contributed by atoms with van der Waals surface area (Å²) in [6, 6.07) is 35.6. The third-order valence-corrected chi connectivity index (χ3v) is 6.98. The van der Waals surface area contributed by atoms with Crippen LogP contribution in [0.3, 0.4) is 0 Å². The second-order valence-corrected chi connectivity index (χ2v) is 9.81. The highest BCUT2D eigenvalue weighted by atomic mass is 16.7. The normalized spacial score (nSPS) is 12.5. The van der Waals surface area contributed by atoms with Gasteiger partial charge in [-0.15, -0.1) is 0 Å². The molecule has 4 rings (SSSR count). The van der Waals surface area contributed by atoms with Crippen LogP contribution in [0, 0.1) is 0 Å². The van der Waals surface area contributed by atoms with Gasteiger partial charge in [-0.25, -0.2) is 0 Å². The summed E-state index contributed by atoms with van der Waals surface area (Å²) >= 11 is 0. The molecule has 0 fully saturated rings. The lowest BCUT2D eigenvalue weighted by atomic mass is 9.98. The maximum atomic E-state index is 13.6. The fraction of sp³-hybridized carbons (Fsp3) is 0.286. The van der Waals surface area contributed by atoms with E-state index in [2.05, 4.69) is 36.1 Å². The first-order valence-electron chi connectivity index (χ1n) is 14.0. The molecule has 4 aromatic carbocycles. The fourth-order valence-corrected chi connectivity index (χ4v) is 4.81. The molecule has 0 aromatic heterocycles. The Morgan fingerprint density at radius 3 is 2.07 bits per heavy atom. The third-order valence-electron chi connectivity index (χ3n) is 6.98. The number of benzene rings is 4. The first-order valence-corrected chi connectivity index (χ1v) is 14.0. The lowest BCUT2D eigenvalue weighted by Crippen LogP contribution is -2.44. The molecule has 41 heavy (non-hydrogen) atoms. The van der Waals surface area contributed by atoms with E-state index in [4.69, 9.17) is 18.9 Å². The first kappa shape index (κ1) is 29.8. The van der Waals surface area contributed by atoms with Crippen LogP contribution < -0.4 is 9.47 Å². The van der Waals surface area contributed by atoms with Crippen LogP contribution in [-0.2, 0) is 33.8 Å². The highest BCUT2D eigenvalue weighted by Gasteiger charge is 2.32. The number of methoxy groups -OCH3 is 1. The van der Waals surface area contributed by atoms with Gasteiger partial charge in [0.05, 0.1) is 6.61 Å². The Kier molecular flexibility index (Phi) is 11.4. The Hall–Kier alpha value is -4.13. The van der Waals surface area contributed by atoms with Crippen molar-refractivity contribution < 1.29 is 23.7 Å². The van der Waals surface area contributed by atoms with Crippen LogP contribution in [0.5, 0.6) is 11.5 Å². The quantitative estimate of drug-likeness (QED) is 0.117. The molecular weight excluding hydrogens is 514 g/mol. The maximum absolute atomic E-state index is 13.6. The average Bonchev–Trinajstić information content (AvgIpc) is 3.02. The van der Waals surface area contributed by atoms with Crippen LogP contribution in [0.2, 0.25) is 0 Å². The summed E-state index contributed by atoms with van der Waals surface area (Å²) < 4.78 is 22.9. The standard InChI is InChI=1S/C35H39NO5/c1-4-39-35(37)33(36(24-28-14-8-5-9-15-28)27(2)30-18-12-7-13-19-30)22-31-20-21-32(23-34(31)41-26-38-3)40-25-29-16-10-6-11-17-29/h5-21,23,27,33H,4,22,24-26H2,1-3H3/t27-,33?/m0/s1. The minimum atomic E-state index is -0.564. The summed E-state index contributed by atoms with van der Waals surface area (Å²) in [6.45, 7) is 5.36. The van der Waals surface area contributed by atoms with Crippen molar-refractivity contribution in [3.8, 4) is 11.5 Å². The highest BCUT2D eigenvalue weighted by Crippen LogP contribution is 2.31. The van der Waals surface area contributed by atoms with Crippen molar-refractivity contribution >= 4 is 5.97 Å². The van der Waals surface area contributed by atoms with Crippen molar-refractivity contribution in [2.45, 2.75) is 45.5 Å². The van der Waals surface area contributed by atoms with Crippen LogP contribution in [0.15, 0.2) is 109 Å². The van der Waals surface area contributed by atoms with Crippen molar-refractivity contribution in [3.63, 3.8) is 0 Å². The summed E-state index contributed by atoms with van der Waals surface area (Å²) in [6.07, 6.45) is 0.390. The maximum Gasteiger partial charge on any atom is 0.323 e. The van der Waals surface area contributed by atoms with E-state index in [0.29, 0.717) is 37.7 Å². The molecule has 0 heterocycles. The number of hydrogen-bond acceptors (Lipinski definition) is 6. The summed E-state index contributed by atoms with van der Waals surface area (Å²) in [7, 11) is 1.58. The van der Waals surface area contributed by atoms with Crippen molar-refractivity contribution in [3.05, 3.63) is 131 Å². The van der Waals surface area contributed by atoms with Crippen molar-refractivity contribution in [2.24, 2.45) is 0 Å². The molecule has 0 aliphatic heterocycles. The zero-order valence-electron chi connectivity index (χ0n) is 24.1. The fourth-order valence-electron chi connectivity index (χ4n) is 4.81. The number of carbonyl (C=O) groups is 1. The van der Waals surface area contributed by atoms with Crippen LogP contribution in [0.25, 0.3) is 0 Å². The summed E-state index contributed by atoms with van der Waals surface area (Å²) in [5.41, 5.74) is 4.18. The molecule has 214 valence electrons. The molecule has 0 saturated carbocycles. The first-order chi connectivity index (χ1) is 20.1. The van der Waals surface area contributed by atoms with Crippen LogP contribution in [-0.4, -0.2) is 37.4 Å². The average molecular weight is 554 g/mol. The molecule has 0 aliphatic carbocycles. The number of rotatable bonds is 15. The Morgan fingerprint density at radius 1 is 0.805 bits per heavy atom. The molecule has 0 bridgehead atoms. The van der Waals surface area contributed by atoms with E-state index in [1.165, 1.54) is 0 Å². The summed E-state index contributed by atoms with van der Waals surface area (Å²) in [5, 5.41) is 0. The van der Waals surface area contributed by atoms with Gasteiger partial charge >= 0.3 is 5.97 Å². The van der Waals surface area contributed by atoms with E-state index >= 15 is 0 Å². The predicted molar refractivity (Wildman–Crippen MR) is 161 cm³/mol. The van der Waals surface area contributed by atoms with Crippen molar-refractivity contribution in [2.75, 3.05) is 20.5 Å². The largest absolute Gasteiger partial charge is 0.489 e. The zero-order chi connectivity index (χ0) is 28.9. The monoisotopic (exact) mass is 553 g/mol. The van der Waals surface area contributed by atoms with Crippen molar-refractivity contribution in [1.29, 1.82) is 0 Å². The van der Waals surface area contributed by atoms with E-state index < -0.39 is 6.04 Å². The molecule has 0 amide bonds. The zero-order valence-corrected chi connectivity index (χ0v) is 24.1. The summed E-state index contributed by atoms with van der Waals surface area (Å²) in [5.74, 6) is 1.02. The Balaban J connectivity index is 1.66. The second kappa shape index (κ2) is 15.6. The van der Waals surface area contributed by atoms with Gasteiger partial charge in [0.1, 0.15) is 24.1 Å². The van der Waals surface area contributed by atoms with Crippen molar-refractivity contribution in [1.82, 2.24) is 4.90 Å². The molecule has 0 radical (unpaired) electrons. The number of ether oxygens (including phenoxy) is 4. The molecule has 0 saturated heterocycles. The Bertz CT molecular complexity index is 1330. The van der Waals surface area contributed by atoms with Gasteiger partial charge in [-0.2, -0.15) is 0 Å². The molecule has 4 aromatic rings. The summed E-state index contributed by atoms with van der Waals surface area (Å²) in [4.78, 5) is 15.8.